The molecule has 1 spiro atoms. The first-order chi connectivity index (χ1) is 20.7. The molecule has 0 radical (unpaired) electrons. The van der Waals surface area contributed by atoms with Crippen LogP contribution in [0.5, 0.6) is 5.75 Å². The number of halogens is 2. The van der Waals surface area contributed by atoms with Gasteiger partial charge in [-0.15, -0.1) is 10.2 Å². The quantitative estimate of drug-likeness (QED) is 0.422. The first-order valence-electron chi connectivity index (χ1n) is 15.2. The predicted molar refractivity (Wildman–Crippen MR) is 163 cm³/mol. The van der Waals surface area contributed by atoms with Crippen LogP contribution >= 0.6 is 0 Å². The van der Waals surface area contributed by atoms with E-state index in [0.29, 0.717) is 48.9 Å². The number of rotatable bonds is 4. The average molecular weight is 586 g/mol. The molecule has 3 aliphatic heterocycles. The standard InChI is InChI=1S/C33H37F2N7O/c1-22-16-25-19-41(28-18-27(38-39-31(28)36)26-7-2-3-8-30(26)43)20-29(22)42(25)24-9-12-37-23(17-24)6-4-13-40-14-5-10-32(11-15-40)21-33(32,34)35/h2-3,7-9,12,17-18,22,25,29,43H,5,10-11,13-16,19-21H2,1H3,(H2,36,39). The summed E-state index contributed by atoms with van der Waals surface area (Å²) in [6, 6.07) is 13.7. The maximum atomic E-state index is 13.9. The minimum Gasteiger partial charge on any atom is -0.507 e. The van der Waals surface area contributed by atoms with Crippen molar-refractivity contribution in [1.82, 2.24) is 20.1 Å². The molecule has 43 heavy (non-hydrogen) atoms. The monoisotopic (exact) mass is 585 g/mol. The summed E-state index contributed by atoms with van der Waals surface area (Å²) in [5, 5.41) is 18.8. The number of para-hydroxylation sites is 1. The fraction of sp³-hybridized carbons (Fsp3) is 0.485. The molecule has 4 unspecified atom stereocenters. The van der Waals surface area contributed by atoms with Gasteiger partial charge in [0.25, 0.3) is 5.92 Å². The van der Waals surface area contributed by atoms with E-state index in [1.807, 2.05) is 24.4 Å². The number of pyridine rings is 1. The number of nitrogen functional groups attached to an aromatic ring is 1. The molecule has 2 aromatic heterocycles. The second-order valence-corrected chi connectivity index (χ2v) is 12.8. The maximum absolute atomic E-state index is 13.9. The molecule has 0 amide bonds. The number of nitrogens with two attached hydrogens (primary N) is 1. The molecule has 10 heteroatoms. The lowest BCUT2D eigenvalue weighted by molar-refractivity contribution is 0.0577. The molecule has 2 bridgehead atoms. The Kier molecular flexibility index (Phi) is 6.88. The second-order valence-electron chi connectivity index (χ2n) is 12.8. The van der Waals surface area contributed by atoms with E-state index >= 15 is 0 Å². The number of piperazine rings is 1. The van der Waals surface area contributed by atoms with Crippen LogP contribution in [0, 0.1) is 23.2 Å². The van der Waals surface area contributed by atoms with E-state index in [1.54, 1.807) is 12.1 Å². The summed E-state index contributed by atoms with van der Waals surface area (Å²) in [4.78, 5) is 11.5. The van der Waals surface area contributed by atoms with Gasteiger partial charge in [-0.3, -0.25) is 4.90 Å². The molecule has 224 valence electrons. The van der Waals surface area contributed by atoms with Crippen LogP contribution in [-0.2, 0) is 0 Å². The highest BCUT2D eigenvalue weighted by Gasteiger charge is 2.69. The molecule has 4 atom stereocenters. The Hall–Kier alpha value is -3.97. The van der Waals surface area contributed by atoms with Crippen molar-refractivity contribution in [3.63, 3.8) is 0 Å². The molecule has 4 aliphatic rings. The summed E-state index contributed by atoms with van der Waals surface area (Å²) in [5.41, 5.74) is 9.47. The van der Waals surface area contributed by atoms with Crippen molar-refractivity contribution in [2.75, 3.05) is 48.3 Å². The SMILES string of the molecule is CC1CC2CN(c3cc(-c4ccccc4O)nnc3N)CC1N2c1ccnc(C#CCN2CCCC3(CC2)CC3(F)F)c1. The topological polar surface area (TPSA) is 94.6 Å². The van der Waals surface area contributed by atoms with Gasteiger partial charge in [-0.1, -0.05) is 25.0 Å². The summed E-state index contributed by atoms with van der Waals surface area (Å²) < 4.78 is 27.7. The van der Waals surface area contributed by atoms with Crippen LogP contribution in [0.4, 0.5) is 26.0 Å². The van der Waals surface area contributed by atoms with E-state index in [2.05, 4.69) is 60.8 Å². The van der Waals surface area contributed by atoms with Crippen molar-refractivity contribution in [3.8, 4) is 28.8 Å². The fourth-order valence-corrected chi connectivity index (χ4v) is 7.52. The Morgan fingerprint density at radius 3 is 2.72 bits per heavy atom. The summed E-state index contributed by atoms with van der Waals surface area (Å²) >= 11 is 0. The van der Waals surface area contributed by atoms with Crippen LogP contribution in [0.3, 0.4) is 0 Å². The van der Waals surface area contributed by atoms with Gasteiger partial charge >= 0.3 is 0 Å². The van der Waals surface area contributed by atoms with E-state index < -0.39 is 11.3 Å². The van der Waals surface area contributed by atoms with Crippen molar-refractivity contribution >= 4 is 17.2 Å². The van der Waals surface area contributed by atoms with E-state index in [9.17, 15) is 13.9 Å². The number of phenolic OH excluding ortho intramolecular Hbond substituents is 1. The number of hydrogen-bond donors (Lipinski definition) is 2. The zero-order valence-corrected chi connectivity index (χ0v) is 24.4. The molecule has 3 aromatic rings. The van der Waals surface area contributed by atoms with E-state index in [1.165, 1.54) is 0 Å². The summed E-state index contributed by atoms with van der Waals surface area (Å²) in [5.74, 6) is 5.04. The molecule has 3 saturated heterocycles. The van der Waals surface area contributed by atoms with E-state index in [4.69, 9.17) is 5.73 Å². The van der Waals surface area contributed by atoms with Gasteiger partial charge in [-0.05, 0) is 80.9 Å². The first kappa shape index (κ1) is 27.8. The van der Waals surface area contributed by atoms with Crippen LogP contribution in [0.15, 0.2) is 48.7 Å². The maximum Gasteiger partial charge on any atom is 0.254 e. The van der Waals surface area contributed by atoms with E-state index in [0.717, 1.165) is 49.5 Å². The number of likely N-dealkylation sites (tertiary alicyclic amines) is 1. The van der Waals surface area contributed by atoms with Crippen molar-refractivity contribution in [3.05, 3.63) is 54.4 Å². The molecule has 1 aliphatic carbocycles. The van der Waals surface area contributed by atoms with Crippen LogP contribution in [0.2, 0.25) is 0 Å². The Labute approximate surface area is 250 Å². The zero-order chi connectivity index (χ0) is 29.8. The number of anilines is 3. The Balaban J connectivity index is 1.05. The third-order valence-corrected chi connectivity index (χ3v) is 10.0. The first-order valence-corrected chi connectivity index (χ1v) is 15.2. The highest BCUT2D eigenvalue weighted by Crippen LogP contribution is 2.65. The third kappa shape index (κ3) is 5.14. The number of alkyl halides is 2. The Morgan fingerprint density at radius 1 is 1.09 bits per heavy atom. The third-order valence-electron chi connectivity index (χ3n) is 10.0. The lowest BCUT2D eigenvalue weighted by Crippen LogP contribution is -2.55. The van der Waals surface area contributed by atoms with Gasteiger partial charge in [0, 0.05) is 54.5 Å². The molecule has 5 heterocycles. The van der Waals surface area contributed by atoms with Crippen molar-refractivity contribution in [1.29, 1.82) is 0 Å². The fourth-order valence-electron chi connectivity index (χ4n) is 7.52. The minimum atomic E-state index is -2.47. The van der Waals surface area contributed by atoms with E-state index in [-0.39, 0.29) is 24.3 Å². The highest BCUT2D eigenvalue weighted by atomic mass is 19.3. The molecule has 7 rings (SSSR count). The van der Waals surface area contributed by atoms with Gasteiger partial charge in [0.2, 0.25) is 0 Å². The van der Waals surface area contributed by atoms with Crippen molar-refractivity contribution in [2.45, 2.75) is 57.0 Å². The largest absolute Gasteiger partial charge is 0.507 e. The Morgan fingerprint density at radius 2 is 1.93 bits per heavy atom. The van der Waals surface area contributed by atoms with Gasteiger partial charge in [0.05, 0.1) is 17.9 Å². The smallest absolute Gasteiger partial charge is 0.254 e. The molecular formula is C33H37F2N7O. The van der Waals surface area contributed by atoms with Crippen LogP contribution in [0.1, 0.15) is 44.7 Å². The number of nitrogens with zero attached hydrogens (tertiary/aromatic N) is 6. The number of phenols is 1. The number of benzene rings is 1. The van der Waals surface area contributed by atoms with Gasteiger partial charge < -0.3 is 20.6 Å². The van der Waals surface area contributed by atoms with Gasteiger partial charge in [0.1, 0.15) is 11.4 Å². The molecule has 1 saturated carbocycles. The minimum absolute atomic E-state index is 0.0528. The predicted octanol–water partition coefficient (Wildman–Crippen LogP) is 4.79. The second kappa shape index (κ2) is 10.6. The van der Waals surface area contributed by atoms with Gasteiger partial charge in [0.15, 0.2) is 5.82 Å². The van der Waals surface area contributed by atoms with Gasteiger partial charge in [-0.2, -0.15) is 0 Å². The van der Waals surface area contributed by atoms with Crippen molar-refractivity contribution < 1.29 is 13.9 Å². The number of aromatic hydroxyl groups is 1. The Bertz CT molecular complexity index is 1590. The number of hydrogen-bond acceptors (Lipinski definition) is 8. The summed E-state index contributed by atoms with van der Waals surface area (Å²) in [6.45, 7) is 5.93. The summed E-state index contributed by atoms with van der Waals surface area (Å²) in [6.07, 6.45) is 4.91. The molecular weight excluding hydrogens is 548 g/mol. The molecule has 4 fully saturated rings. The summed E-state index contributed by atoms with van der Waals surface area (Å²) in [7, 11) is 0. The lowest BCUT2D eigenvalue weighted by Gasteiger charge is -2.44. The van der Waals surface area contributed by atoms with Crippen LogP contribution < -0.4 is 15.5 Å². The van der Waals surface area contributed by atoms with Crippen LogP contribution in [-0.4, -0.2) is 75.9 Å². The highest BCUT2D eigenvalue weighted by molar-refractivity contribution is 5.74. The van der Waals surface area contributed by atoms with Crippen LogP contribution in [0.25, 0.3) is 11.3 Å². The molecule has 8 nitrogen and oxygen atoms in total. The van der Waals surface area contributed by atoms with Crippen molar-refractivity contribution in [2.24, 2.45) is 11.3 Å². The van der Waals surface area contributed by atoms with Gasteiger partial charge in [-0.25, -0.2) is 13.8 Å². The number of fused-ring (bicyclic) bond motifs is 2. The number of aromatic nitrogens is 3. The normalized spacial score (nSPS) is 27.9. The molecule has 1 aromatic carbocycles. The zero-order valence-electron chi connectivity index (χ0n) is 24.4. The lowest BCUT2D eigenvalue weighted by atomic mass is 9.97. The average Bonchev–Trinajstić information content (AvgIpc) is 3.55. The molecule has 3 N–H and O–H groups in total.